The van der Waals surface area contributed by atoms with Crippen molar-refractivity contribution in [1.29, 1.82) is 0 Å². The standard InChI is InChI=1S/C26H40N6.HI/c1-3-27-26(29-14-7-8-16-30-19-15-28-22(30)2)32-18-13-25-24(21-32)12-9-17-31(25)20-23-10-5-4-6-11-23;/h4-6,10-11,15,19,24-25H,3,7-9,12-14,16-18,20-21H2,1-2H3,(H,27,29);1H. The van der Waals surface area contributed by atoms with Gasteiger partial charge in [0, 0.05) is 57.7 Å². The van der Waals surface area contributed by atoms with Gasteiger partial charge in [0.1, 0.15) is 5.82 Å². The van der Waals surface area contributed by atoms with Crippen LogP contribution in [0.5, 0.6) is 0 Å². The molecule has 2 unspecified atom stereocenters. The van der Waals surface area contributed by atoms with E-state index in [1.54, 1.807) is 0 Å². The van der Waals surface area contributed by atoms with E-state index in [4.69, 9.17) is 4.99 Å². The van der Waals surface area contributed by atoms with E-state index >= 15 is 0 Å². The number of hydrogen-bond donors (Lipinski definition) is 1. The molecule has 3 heterocycles. The number of hydrogen-bond acceptors (Lipinski definition) is 3. The van der Waals surface area contributed by atoms with Crippen molar-refractivity contribution in [2.24, 2.45) is 10.9 Å². The summed E-state index contributed by atoms with van der Waals surface area (Å²) in [4.78, 5) is 14.6. The Balaban J connectivity index is 0.00000306. The third-order valence-electron chi connectivity index (χ3n) is 7.04. The largest absolute Gasteiger partial charge is 0.357 e. The molecule has 2 fully saturated rings. The molecule has 182 valence electrons. The Labute approximate surface area is 216 Å². The smallest absolute Gasteiger partial charge is 0.193 e. The molecule has 1 aromatic heterocycles. The van der Waals surface area contributed by atoms with Crippen LogP contribution >= 0.6 is 24.0 Å². The average molecular weight is 565 g/mol. The van der Waals surface area contributed by atoms with Crippen LogP contribution in [0.25, 0.3) is 0 Å². The van der Waals surface area contributed by atoms with Crippen LogP contribution in [0.1, 0.15) is 50.4 Å². The number of rotatable bonds is 8. The van der Waals surface area contributed by atoms with Crippen LogP contribution in [0, 0.1) is 12.8 Å². The second-order valence-corrected chi connectivity index (χ2v) is 9.27. The lowest BCUT2D eigenvalue weighted by Crippen LogP contribution is -2.56. The molecular weight excluding hydrogens is 523 g/mol. The number of aryl methyl sites for hydroxylation is 2. The van der Waals surface area contributed by atoms with Crippen LogP contribution in [0.2, 0.25) is 0 Å². The molecule has 0 radical (unpaired) electrons. The van der Waals surface area contributed by atoms with Crippen molar-refractivity contribution in [3.05, 3.63) is 54.1 Å². The zero-order valence-electron chi connectivity index (χ0n) is 20.3. The Hall–Kier alpha value is -1.61. The van der Waals surface area contributed by atoms with Gasteiger partial charge in [0.05, 0.1) is 0 Å². The van der Waals surface area contributed by atoms with Crippen LogP contribution in [-0.4, -0.2) is 64.1 Å². The summed E-state index contributed by atoms with van der Waals surface area (Å²) in [6, 6.07) is 11.7. The maximum atomic E-state index is 5.00. The summed E-state index contributed by atoms with van der Waals surface area (Å²) in [7, 11) is 0. The second kappa shape index (κ2) is 13.3. The summed E-state index contributed by atoms with van der Waals surface area (Å²) < 4.78 is 2.23. The van der Waals surface area contributed by atoms with E-state index in [-0.39, 0.29) is 24.0 Å². The van der Waals surface area contributed by atoms with Crippen molar-refractivity contribution in [3.8, 4) is 0 Å². The summed E-state index contributed by atoms with van der Waals surface area (Å²) in [5, 5.41) is 3.56. The molecule has 6 nitrogen and oxygen atoms in total. The molecule has 2 saturated heterocycles. The maximum absolute atomic E-state index is 5.00. The van der Waals surface area contributed by atoms with E-state index in [0.29, 0.717) is 6.04 Å². The fourth-order valence-corrected chi connectivity index (χ4v) is 5.36. The zero-order valence-corrected chi connectivity index (χ0v) is 22.7. The predicted octanol–water partition coefficient (Wildman–Crippen LogP) is 4.54. The Bertz CT molecular complexity index is 851. The highest BCUT2D eigenvalue weighted by Crippen LogP contribution is 2.31. The quantitative estimate of drug-likeness (QED) is 0.222. The van der Waals surface area contributed by atoms with Crippen LogP contribution in [0.15, 0.2) is 47.7 Å². The first-order valence-electron chi connectivity index (χ1n) is 12.5. The predicted molar refractivity (Wildman–Crippen MR) is 147 cm³/mol. The maximum Gasteiger partial charge on any atom is 0.193 e. The molecule has 1 aromatic carbocycles. The molecule has 33 heavy (non-hydrogen) atoms. The minimum Gasteiger partial charge on any atom is -0.357 e. The molecule has 2 aromatic rings. The Kier molecular flexibility index (Phi) is 10.5. The van der Waals surface area contributed by atoms with Gasteiger partial charge >= 0.3 is 0 Å². The highest BCUT2D eigenvalue weighted by atomic mass is 127. The lowest BCUT2D eigenvalue weighted by molar-refractivity contribution is 0.0372. The number of guanidine groups is 1. The Morgan fingerprint density at radius 1 is 1.15 bits per heavy atom. The first kappa shape index (κ1) is 26.0. The van der Waals surface area contributed by atoms with Gasteiger partial charge in [-0.15, -0.1) is 24.0 Å². The van der Waals surface area contributed by atoms with Crippen molar-refractivity contribution in [2.75, 3.05) is 32.7 Å². The monoisotopic (exact) mass is 564 g/mol. The summed E-state index contributed by atoms with van der Waals surface area (Å²) in [5.41, 5.74) is 1.44. The number of nitrogens with zero attached hydrogens (tertiary/aromatic N) is 5. The normalized spacial score (nSPS) is 21.4. The number of aliphatic imine (C=N–C) groups is 1. The summed E-state index contributed by atoms with van der Waals surface area (Å²) in [5.74, 6) is 2.96. The van der Waals surface area contributed by atoms with Gasteiger partial charge in [-0.1, -0.05) is 30.3 Å². The van der Waals surface area contributed by atoms with Gasteiger partial charge in [0.15, 0.2) is 5.96 Å². The van der Waals surface area contributed by atoms with Crippen molar-refractivity contribution >= 4 is 29.9 Å². The van der Waals surface area contributed by atoms with Gasteiger partial charge in [-0.3, -0.25) is 9.89 Å². The summed E-state index contributed by atoms with van der Waals surface area (Å²) in [6.07, 6.45) is 10.1. The van der Waals surface area contributed by atoms with E-state index in [1.165, 1.54) is 31.4 Å². The molecular formula is C26H41IN6. The number of imidazole rings is 1. The number of unbranched alkanes of at least 4 members (excludes halogenated alkanes) is 1. The molecule has 2 aliphatic heterocycles. The summed E-state index contributed by atoms with van der Waals surface area (Å²) >= 11 is 0. The molecule has 0 amide bonds. The van der Waals surface area contributed by atoms with E-state index in [0.717, 1.165) is 69.8 Å². The first-order chi connectivity index (χ1) is 15.7. The Morgan fingerprint density at radius 3 is 2.76 bits per heavy atom. The molecule has 0 bridgehead atoms. The number of benzene rings is 1. The lowest BCUT2D eigenvalue weighted by atomic mass is 9.83. The van der Waals surface area contributed by atoms with Gasteiger partial charge in [0.25, 0.3) is 0 Å². The topological polar surface area (TPSA) is 48.7 Å². The minimum atomic E-state index is 0. The molecule has 7 heteroatoms. The molecule has 4 rings (SSSR count). The minimum absolute atomic E-state index is 0. The van der Waals surface area contributed by atoms with Gasteiger partial charge < -0.3 is 14.8 Å². The van der Waals surface area contributed by atoms with Crippen molar-refractivity contribution < 1.29 is 0 Å². The molecule has 0 saturated carbocycles. The molecule has 0 aliphatic carbocycles. The van der Waals surface area contributed by atoms with E-state index in [1.807, 2.05) is 6.20 Å². The van der Waals surface area contributed by atoms with Crippen molar-refractivity contribution in [2.45, 2.75) is 65.1 Å². The highest BCUT2D eigenvalue weighted by Gasteiger charge is 2.36. The molecule has 2 aliphatic rings. The molecule has 1 N–H and O–H groups in total. The van der Waals surface area contributed by atoms with Gasteiger partial charge in [-0.05, 0) is 64.0 Å². The fraction of sp³-hybridized carbons (Fsp3) is 0.615. The highest BCUT2D eigenvalue weighted by molar-refractivity contribution is 14.0. The number of halogens is 1. The fourth-order valence-electron chi connectivity index (χ4n) is 5.36. The number of nitrogens with one attached hydrogen (secondary N) is 1. The third kappa shape index (κ3) is 7.18. The third-order valence-corrected chi connectivity index (χ3v) is 7.04. The van der Waals surface area contributed by atoms with Gasteiger partial charge in [-0.2, -0.15) is 0 Å². The number of likely N-dealkylation sites (tertiary alicyclic amines) is 2. The molecule has 2 atom stereocenters. The van der Waals surface area contributed by atoms with Crippen molar-refractivity contribution in [3.63, 3.8) is 0 Å². The van der Waals surface area contributed by atoms with Crippen LogP contribution in [0.4, 0.5) is 0 Å². The average Bonchev–Trinajstić information content (AvgIpc) is 3.23. The van der Waals surface area contributed by atoms with Crippen molar-refractivity contribution in [1.82, 2.24) is 24.7 Å². The summed E-state index contributed by atoms with van der Waals surface area (Å²) in [6.45, 7) is 11.7. The van der Waals surface area contributed by atoms with E-state index < -0.39 is 0 Å². The second-order valence-electron chi connectivity index (χ2n) is 9.27. The Morgan fingerprint density at radius 2 is 2.00 bits per heavy atom. The first-order valence-corrected chi connectivity index (χ1v) is 12.5. The van der Waals surface area contributed by atoms with Crippen LogP contribution in [0.3, 0.4) is 0 Å². The number of aromatic nitrogens is 2. The zero-order chi connectivity index (χ0) is 22.2. The van der Waals surface area contributed by atoms with E-state index in [2.05, 4.69) is 75.0 Å². The van der Waals surface area contributed by atoms with Crippen LogP contribution < -0.4 is 5.32 Å². The van der Waals surface area contributed by atoms with Gasteiger partial charge in [0.2, 0.25) is 0 Å². The van der Waals surface area contributed by atoms with Gasteiger partial charge in [-0.25, -0.2) is 4.98 Å². The molecule has 0 spiro atoms. The lowest BCUT2D eigenvalue weighted by Gasteiger charge is -2.48. The van der Waals surface area contributed by atoms with Crippen LogP contribution in [-0.2, 0) is 13.1 Å². The number of fused-ring (bicyclic) bond motifs is 1. The SMILES string of the molecule is CCNC(=NCCCCn1ccnc1C)N1CCC2C(CCCN2Cc2ccccc2)C1.I. The van der Waals surface area contributed by atoms with E-state index in [9.17, 15) is 0 Å². The number of piperidine rings is 2.